The molecule has 0 bridgehead atoms. The summed E-state index contributed by atoms with van der Waals surface area (Å²) in [5.74, 6) is 2.76. The molecular formula is C15H28N4. The molecule has 0 unspecified atom stereocenters. The number of rotatable bonds is 8. The molecule has 0 aromatic carbocycles. The summed E-state index contributed by atoms with van der Waals surface area (Å²) in [6.45, 7) is 11.8. The molecule has 0 saturated heterocycles. The molecule has 0 fully saturated rings. The number of hydrogen-bond acceptors (Lipinski definition) is 4. The van der Waals surface area contributed by atoms with Gasteiger partial charge in [0, 0.05) is 24.6 Å². The highest BCUT2D eigenvalue weighted by molar-refractivity contribution is 5.48. The van der Waals surface area contributed by atoms with Crippen LogP contribution < -0.4 is 10.6 Å². The number of aryl methyl sites for hydroxylation is 1. The molecular weight excluding hydrogens is 236 g/mol. The fourth-order valence-corrected chi connectivity index (χ4v) is 1.68. The van der Waals surface area contributed by atoms with Crippen molar-refractivity contribution in [2.24, 2.45) is 0 Å². The van der Waals surface area contributed by atoms with Gasteiger partial charge in [-0.1, -0.05) is 20.8 Å². The van der Waals surface area contributed by atoms with Crippen LogP contribution in [0.5, 0.6) is 0 Å². The zero-order valence-electron chi connectivity index (χ0n) is 13.0. The smallest absolute Gasteiger partial charge is 0.133 e. The van der Waals surface area contributed by atoms with Gasteiger partial charge in [0.1, 0.15) is 17.5 Å². The summed E-state index contributed by atoms with van der Waals surface area (Å²) in [6.07, 6.45) is 4.13. The number of aromatic nitrogens is 2. The zero-order chi connectivity index (χ0) is 14.3. The summed E-state index contributed by atoms with van der Waals surface area (Å²) in [4.78, 5) is 9.16. The molecule has 0 saturated carbocycles. The van der Waals surface area contributed by atoms with Gasteiger partial charge < -0.3 is 10.6 Å². The van der Waals surface area contributed by atoms with E-state index >= 15 is 0 Å². The summed E-state index contributed by atoms with van der Waals surface area (Å²) in [7, 11) is 0. The minimum atomic E-state index is 0.0554. The standard InChI is InChI=1S/C15H28N4/c1-6-9-12-17-13(16-10-7-2)11-14(18-12)19-15(4,5)8-3/h11H,6-10H2,1-5H3,(H2,16,17,18,19). The van der Waals surface area contributed by atoms with Crippen molar-refractivity contribution in [3.05, 3.63) is 11.9 Å². The van der Waals surface area contributed by atoms with Crippen molar-refractivity contribution in [1.82, 2.24) is 9.97 Å². The van der Waals surface area contributed by atoms with Crippen LogP contribution >= 0.6 is 0 Å². The van der Waals surface area contributed by atoms with E-state index in [9.17, 15) is 0 Å². The van der Waals surface area contributed by atoms with Gasteiger partial charge in [-0.15, -0.1) is 0 Å². The third kappa shape index (κ3) is 5.45. The molecule has 19 heavy (non-hydrogen) atoms. The van der Waals surface area contributed by atoms with Crippen LogP contribution in [0.1, 0.15) is 59.7 Å². The van der Waals surface area contributed by atoms with Crippen LogP contribution in [-0.4, -0.2) is 22.1 Å². The van der Waals surface area contributed by atoms with Gasteiger partial charge in [-0.25, -0.2) is 9.97 Å². The van der Waals surface area contributed by atoms with E-state index in [0.717, 1.165) is 49.7 Å². The molecule has 0 aliphatic heterocycles. The summed E-state index contributed by atoms with van der Waals surface area (Å²) < 4.78 is 0. The molecule has 0 aliphatic carbocycles. The average Bonchev–Trinajstić information content (AvgIpc) is 2.36. The van der Waals surface area contributed by atoms with E-state index in [2.05, 4.69) is 55.2 Å². The van der Waals surface area contributed by atoms with Gasteiger partial charge in [0.15, 0.2) is 0 Å². The zero-order valence-corrected chi connectivity index (χ0v) is 13.0. The van der Waals surface area contributed by atoms with Crippen LogP contribution in [0, 0.1) is 0 Å². The average molecular weight is 264 g/mol. The molecule has 0 spiro atoms. The monoisotopic (exact) mass is 264 g/mol. The van der Waals surface area contributed by atoms with Gasteiger partial charge in [0.25, 0.3) is 0 Å². The van der Waals surface area contributed by atoms with Crippen LogP contribution in [0.15, 0.2) is 6.07 Å². The summed E-state index contributed by atoms with van der Waals surface area (Å²) >= 11 is 0. The Kier molecular flexibility index (Phi) is 6.06. The Bertz CT molecular complexity index is 388. The van der Waals surface area contributed by atoms with Gasteiger partial charge in [0.2, 0.25) is 0 Å². The van der Waals surface area contributed by atoms with Gasteiger partial charge >= 0.3 is 0 Å². The first-order valence-corrected chi connectivity index (χ1v) is 7.40. The molecule has 1 rings (SSSR count). The molecule has 0 aliphatic rings. The van der Waals surface area contributed by atoms with Crippen molar-refractivity contribution in [1.29, 1.82) is 0 Å². The van der Waals surface area contributed by atoms with Crippen molar-refractivity contribution < 1.29 is 0 Å². The van der Waals surface area contributed by atoms with Crippen LogP contribution in [0.3, 0.4) is 0 Å². The molecule has 1 heterocycles. The first-order chi connectivity index (χ1) is 9.00. The van der Waals surface area contributed by atoms with Crippen molar-refractivity contribution >= 4 is 11.6 Å². The highest BCUT2D eigenvalue weighted by Crippen LogP contribution is 2.19. The SMILES string of the molecule is CCCNc1cc(NC(C)(C)CC)nc(CCC)n1. The van der Waals surface area contributed by atoms with E-state index in [1.165, 1.54) is 0 Å². The van der Waals surface area contributed by atoms with E-state index in [1.807, 2.05) is 6.07 Å². The van der Waals surface area contributed by atoms with E-state index < -0.39 is 0 Å². The Morgan fingerprint density at radius 3 is 2.32 bits per heavy atom. The highest BCUT2D eigenvalue weighted by Gasteiger charge is 2.16. The number of nitrogens with zero attached hydrogens (tertiary/aromatic N) is 2. The maximum absolute atomic E-state index is 4.60. The molecule has 0 atom stereocenters. The largest absolute Gasteiger partial charge is 0.370 e. The first kappa shape index (κ1) is 15.7. The minimum absolute atomic E-state index is 0.0554. The third-order valence-corrected chi connectivity index (χ3v) is 3.15. The van der Waals surface area contributed by atoms with Crippen molar-refractivity contribution in [2.45, 2.75) is 65.8 Å². The maximum Gasteiger partial charge on any atom is 0.133 e. The third-order valence-electron chi connectivity index (χ3n) is 3.15. The van der Waals surface area contributed by atoms with Crippen molar-refractivity contribution in [3.63, 3.8) is 0 Å². The van der Waals surface area contributed by atoms with Crippen molar-refractivity contribution in [3.8, 4) is 0 Å². The Labute approximate surface area is 117 Å². The fourth-order valence-electron chi connectivity index (χ4n) is 1.68. The second-order valence-electron chi connectivity index (χ2n) is 5.59. The Morgan fingerprint density at radius 2 is 1.74 bits per heavy atom. The van der Waals surface area contributed by atoms with Gasteiger partial charge in [-0.2, -0.15) is 0 Å². The van der Waals surface area contributed by atoms with Gasteiger partial charge in [-0.05, 0) is 33.1 Å². The Morgan fingerprint density at radius 1 is 1.05 bits per heavy atom. The molecule has 0 radical (unpaired) electrons. The van der Waals surface area contributed by atoms with Crippen LogP contribution in [0.25, 0.3) is 0 Å². The predicted octanol–water partition coefficient (Wildman–Crippen LogP) is 3.85. The lowest BCUT2D eigenvalue weighted by Crippen LogP contribution is -2.30. The number of nitrogens with one attached hydrogen (secondary N) is 2. The molecule has 1 aromatic rings. The van der Waals surface area contributed by atoms with Gasteiger partial charge in [0.05, 0.1) is 0 Å². The molecule has 1 aromatic heterocycles. The van der Waals surface area contributed by atoms with Crippen LogP contribution in [-0.2, 0) is 6.42 Å². The van der Waals surface area contributed by atoms with Crippen molar-refractivity contribution in [2.75, 3.05) is 17.2 Å². The molecule has 2 N–H and O–H groups in total. The summed E-state index contributed by atoms with van der Waals surface area (Å²) in [5.41, 5.74) is 0.0554. The highest BCUT2D eigenvalue weighted by atomic mass is 15.1. The number of hydrogen-bond donors (Lipinski definition) is 2. The first-order valence-electron chi connectivity index (χ1n) is 7.40. The van der Waals surface area contributed by atoms with E-state index in [-0.39, 0.29) is 5.54 Å². The lowest BCUT2D eigenvalue weighted by molar-refractivity contribution is 0.544. The normalized spacial score (nSPS) is 11.4. The Balaban J connectivity index is 2.91. The number of anilines is 2. The topological polar surface area (TPSA) is 49.8 Å². The minimum Gasteiger partial charge on any atom is -0.370 e. The van der Waals surface area contributed by atoms with E-state index in [1.54, 1.807) is 0 Å². The molecule has 0 amide bonds. The summed E-state index contributed by atoms with van der Waals surface area (Å²) in [5, 5.41) is 6.84. The molecule has 4 heteroatoms. The fraction of sp³-hybridized carbons (Fsp3) is 0.733. The second-order valence-corrected chi connectivity index (χ2v) is 5.59. The van der Waals surface area contributed by atoms with Gasteiger partial charge in [-0.3, -0.25) is 0 Å². The molecule has 108 valence electrons. The van der Waals surface area contributed by atoms with E-state index in [0.29, 0.717) is 0 Å². The van der Waals surface area contributed by atoms with Crippen LogP contribution in [0.2, 0.25) is 0 Å². The summed E-state index contributed by atoms with van der Waals surface area (Å²) in [6, 6.07) is 2.01. The maximum atomic E-state index is 4.60. The van der Waals surface area contributed by atoms with E-state index in [4.69, 9.17) is 0 Å². The lowest BCUT2D eigenvalue weighted by atomic mass is 10.0. The second kappa shape index (κ2) is 7.31. The Hall–Kier alpha value is -1.32. The predicted molar refractivity (Wildman–Crippen MR) is 82.8 cm³/mol. The van der Waals surface area contributed by atoms with Crippen LogP contribution in [0.4, 0.5) is 11.6 Å². The quantitative estimate of drug-likeness (QED) is 0.748. The molecule has 4 nitrogen and oxygen atoms in total. The lowest BCUT2D eigenvalue weighted by Gasteiger charge is -2.25.